The normalized spacial score (nSPS) is 10.7. The van der Waals surface area contributed by atoms with Crippen molar-refractivity contribution in [1.29, 1.82) is 0 Å². The molecule has 5 heteroatoms. The van der Waals surface area contributed by atoms with Crippen LogP contribution in [-0.4, -0.2) is 7.05 Å². The molecular weight excluding hydrogens is 568 g/mol. The zero-order chi connectivity index (χ0) is 15.7. The molecule has 112 valence electrons. The molecule has 0 amide bonds. The monoisotopic (exact) mass is 579 g/mol. The van der Waals surface area contributed by atoms with Gasteiger partial charge in [0.25, 0.3) is 0 Å². The second kappa shape index (κ2) is 6.92. The van der Waals surface area contributed by atoms with E-state index in [0.29, 0.717) is 0 Å². The van der Waals surface area contributed by atoms with Crippen LogP contribution in [0.2, 0.25) is 0 Å². The molecule has 0 bridgehead atoms. The minimum atomic E-state index is 0.870. The SMILES string of the molecule is CN(c1ccccc1)c1oc(-c2ccc(Br)cc2)c(I)c1I. The molecule has 0 saturated carbocycles. The Balaban J connectivity index is 2.04. The van der Waals surface area contributed by atoms with Crippen LogP contribution in [0, 0.1) is 7.14 Å². The van der Waals surface area contributed by atoms with Gasteiger partial charge in [-0.2, -0.15) is 0 Å². The lowest BCUT2D eigenvalue weighted by atomic mass is 10.2. The van der Waals surface area contributed by atoms with Gasteiger partial charge >= 0.3 is 0 Å². The van der Waals surface area contributed by atoms with E-state index in [-0.39, 0.29) is 0 Å². The van der Waals surface area contributed by atoms with E-state index >= 15 is 0 Å². The molecule has 0 N–H and O–H groups in total. The Labute approximate surface area is 165 Å². The van der Waals surface area contributed by atoms with E-state index < -0.39 is 0 Å². The molecule has 0 fully saturated rings. The third-order valence-electron chi connectivity index (χ3n) is 3.33. The smallest absolute Gasteiger partial charge is 0.214 e. The summed E-state index contributed by atoms with van der Waals surface area (Å²) < 4.78 is 9.51. The molecule has 0 unspecified atom stereocenters. The minimum absolute atomic E-state index is 0.870. The van der Waals surface area contributed by atoms with Crippen molar-refractivity contribution in [3.05, 3.63) is 66.2 Å². The Morgan fingerprint density at radius 2 is 1.55 bits per heavy atom. The quantitative estimate of drug-likeness (QED) is 0.322. The van der Waals surface area contributed by atoms with Crippen LogP contribution in [-0.2, 0) is 0 Å². The largest absolute Gasteiger partial charge is 0.438 e. The Bertz CT molecular complexity index is 784. The lowest BCUT2D eigenvalue weighted by Gasteiger charge is -2.16. The fraction of sp³-hybridized carbons (Fsp3) is 0.0588. The molecule has 0 aliphatic heterocycles. The first-order valence-electron chi connectivity index (χ1n) is 6.60. The third kappa shape index (κ3) is 3.21. The van der Waals surface area contributed by atoms with Crippen molar-refractivity contribution in [2.24, 2.45) is 0 Å². The molecule has 2 aromatic carbocycles. The topological polar surface area (TPSA) is 16.4 Å². The van der Waals surface area contributed by atoms with Gasteiger partial charge in [0.1, 0.15) is 0 Å². The number of hydrogen-bond acceptors (Lipinski definition) is 2. The molecule has 1 heterocycles. The lowest BCUT2D eigenvalue weighted by Crippen LogP contribution is -2.09. The van der Waals surface area contributed by atoms with Gasteiger partial charge in [0, 0.05) is 22.8 Å². The van der Waals surface area contributed by atoms with Crippen molar-refractivity contribution in [3.8, 4) is 11.3 Å². The summed E-state index contributed by atoms with van der Waals surface area (Å²) in [6.45, 7) is 0. The first-order chi connectivity index (χ1) is 10.6. The van der Waals surface area contributed by atoms with Crippen LogP contribution in [0.1, 0.15) is 0 Å². The van der Waals surface area contributed by atoms with Crippen LogP contribution in [0.4, 0.5) is 11.6 Å². The van der Waals surface area contributed by atoms with Gasteiger partial charge in [-0.25, -0.2) is 0 Å². The van der Waals surface area contributed by atoms with Gasteiger partial charge in [-0.1, -0.05) is 46.3 Å². The Kier molecular flexibility index (Phi) is 5.13. The van der Waals surface area contributed by atoms with E-state index in [1.807, 2.05) is 37.4 Å². The van der Waals surface area contributed by atoms with Gasteiger partial charge in [0.15, 0.2) is 5.76 Å². The van der Waals surface area contributed by atoms with E-state index in [2.05, 4.69) is 90.3 Å². The highest BCUT2D eigenvalue weighted by atomic mass is 127. The molecule has 0 radical (unpaired) electrons. The van der Waals surface area contributed by atoms with Gasteiger partial charge < -0.3 is 9.32 Å². The maximum absolute atomic E-state index is 6.18. The predicted molar refractivity (Wildman–Crippen MR) is 112 cm³/mol. The van der Waals surface area contributed by atoms with Crippen LogP contribution >= 0.6 is 61.1 Å². The number of furan rings is 1. The fourth-order valence-electron chi connectivity index (χ4n) is 2.15. The summed E-state index contributed by atoms with van der Waals surface area (Å²) in [5.74, 6) is 1.78. The highest BCUT2D eigenvalue weighted by molar-refractivity contribution is 14.1. The second-order valence-corrected chi connectivity index (χ2v) is 7.84. The maximum Gasteiger partial charge on any atom is 0.214 e. The van der Waals surface area contributed by atoms with Gasteiger partial charge in [-0.15, -0.1) is 0 Å². The van der Waals surface area contributed by atoms with Crippen molar-refractivity contribution in [1.82, 2.24) is 0 Å². The lowest BCUT2D eigenvalue weighted by molar-refractivity contribution is 0.581. The first kappa shape index (κ1) is 16.3. The average molecular weight is 580 g/mol. The standard InChI is InChI=1S/C17H12BrI2NO/c1-21(13-5-3-2-4-6-13)17-15(20)14(19)16(22-17)11-7-9-12(18)10-8-11/h2-10H,1H3. The van der Waals surface area contributed by atoms with Crippen LogP contribution in [0.5, 0.6) is 0 Å². The van der Waals surface area contributed by atoms with Crippen molar-refractivity contribution in [2.45, 2.75) is 0 Å². The summed E-state index contributed by atoms with van der Waals surface area (Å²) >= 11 is 8.17. The number of benzene rings is 2. The molecular formula is C17H12BrI2NO. The Morgan fingerprint density at radius 3 is 2.18 bits per heavy atom. The molecule has 0 atom stereocenters. The van der Waals surface area contributed by atoms with E-state index in [4.69, 9.17) is 4.42 Å². The predicted octanol–water partition coefficient (Wildman–Crippen LogP) is 6.69. The summed E-state index contributed by atoms with van der Waals surface area (Å²) in [7, 11) is 2.03. The maximum atomic E-state index is 6.18. The molecule has 0 aliphatic carbocycles. The number of para-hydroxylation sites is 1. The van der Waals surface area contributed by atoms with Crippen molar-refractivity contribution < 1.29 is 4.42 Å². The summed E-state index contributed by atoms with van der Waals surface area (Å²) in [4.78, 5) is 2.08. The summed E-state index contributed by atoms with van der Waals surface area (Å²) in [5, 5.41) is 0. The highest BCUT2D eigenvalue weighted by Gasteiger charge is 2.21. The van der Waals surface area contributed by atoms with Crippen LogP contribution in [0.3, 0.4) is 0 Å². The van der Waals surface area contributed by atoms with E-state index in [1.165, 1.54) is 0 Å². The summed E-state index contributed by atoms with van der Waals surface area (Å²) in [6, 6.07) is 18.4. The second-order valence-electron chi connectivity index (χ2n) is 4.77. The molecule has 1 aromatic heterocycles. The van der Waals surface area contributed by atoms with Crippen LogP contribution in [0.25, 0.3) is 11.3 Å². The molecule has 0 saturated heterocycles. The zero-order valence-corrected chi connectivity index (χ0v) is 17.6. The molecule has 22 heavy (non-hydrogen) atoms. The number of anilines is 2. The fourth-order valence-corrected chi connectivity index (χ4v) is 3.78. The van der Waals surface area contributed by atoms with Gasteiger partial charge in [-0.3, -0.25) is 0 Å². The molecule has 0 aliphatic rings. The van der Waals surface area contributed by atoms with Crippen molar-refractivity contribution in [2.75, 3.05) is 11.9 Å². The Hall–Kier alpha value is -0.540. The van der Waals surface area contributed by atoms with Crippen LogP contribution in [0.15, 0.2) is 63.5 Å². The highest BCUT2D eigenvalue weighted by Crippen LogP contribution is 2.40. The molecule has 3 aromatic rings. The minimum Gasteiger partial charge on any atom is -0.438 e. The first-order valence-corrected chi connectivity index (χ1v) is 9.55. The molecule has 0 spiro atoms. The molecule has 2 nitrogen and oxygen atoms in total. The number of nitrogens with zero attached hydrogens (tertiary/aromatic N) is 1. The summed E-state index contributed by atoms with van der Waals surface area (Å²) in [5.41, 5.74) is 2.19. The van der Waals surface area contributed by atoms with Crippen molar-refractivity contribution >= 4 is 72.7 Å². The zero-order valence-electron chi connectivity index (χ0n) is 11.7. The average Bonchev–Trinajstić information content (AvgIpc) is 2.84. The van der Waals surface area contributed by atoms with E-state index in [9.17, 15) is 0 Å². The third-order valence-corrected chi connectivity index (χ3v) is 6.92. The summed E-state index contributed by atoms with van der Waals surface area (Å²) in [6.07, 6.45) is 0. The Morgan fingerprint density at radius 1 is 0.909 bits per heavy atom. The number of halogens is 3. The van der Waals surface area contributed by atoms with Gasteiger partial charge in [-0.05, 0) is 69.4 Å². The van der Waals surface area contributed by atoms with Crippen molar-refractivity contribution in [3.63, 3.8) is 0 Å². The van der Waals surface area contributed by atoms with E-state index in [1.54, 1.807) is 0 Å². The van der Waals surface area contributed by atoms with E-state index in [0.717, 1.165) is 34.5 Å². The van der Waals surface area contributed by atoms with Gasteiger partial charge in [0.05, 0.1) is 7.14 Å². The van der Waals surface area contributed by atoms with Gasteiger partial charge in [0.2, 0.25) is 5.88 Å². The number of hydrogen-bond donors (Lipinski definition) is 0. The molecule has 3 rings (SSSR count). The van der Waals surface area contributed by atoms with Crippen LogP contribution < -0.4 is 4.90 Å². The number of rotatable bonds is 3.